The first kappa shape index (κ1) is 18.1. The van der Waals surface area contributed by atoms with Crippen molar-refractivity contribution >= 4 is 29.4 Å². The Morgan fingerprint density at radius 3 is 1.81 bits per heavy atom. The molecule has 26 heavy (non-hydrogen) atoms. The van der Waals surface area contributed by atoms with E-state index in [9.17, 15) is 19.2 Å². The SMILES string of the molecule is CCOC(=O)[C@H]1N[C@H](C(=O)OCC)[C@H]2C(=O)N(c3ccccc3)C(=O)[C@H]21. The Balaban J connectivity index is 1.98. The van der Waals surface area contributed by atoms with Gasteiger partial charge in [-0.1, -0.05) is 18.2 Å². The van der Waals surface area contributed by atoms with Gasteiger partial charge in [-0.05, 0) is 26.0 Å². The smallest absolute Gasteiger partial charge is 0.324 e. The Hall–Kier alpha value is -2.74. The topological polar surface area (TPSA) is 102 Å². The zero-order chi connectivity index (χ0) is 18.8. The molecule has 0 spiro atoms. The zero-order valence-electron chi connectivity index (χ0n) is 14.5. The summed E-state index contributed by atoms with van der Waals surface area (Å²) in [6.45, 7) is 3.54. The summed E-state index contributed by atoms with van der Waals surface area (Å²) in [5, 5.41) is 2.78. The fraction of sp³-hybridized carbons (Fsp3) is 0.444. The van der Waals surface area contributed by atoms with Gasteiger partial charge >= 0.3 is 11.9 Å². The third kappa shape index (κ3) is 2.86. The number of anilines is 1. The molecule has 0 unspecified atom stereocenters. The lowest BCUT2D eigenvalue weighted by molar-refractivity contribution is -0.148. The monoisotopic (exact) mass is 360 g/mol. The van der Waals surface area contributed by atoms with E-state index in [1.807, 2.05) is 0 Å². The van der Waals surface area contributed by atoms with E-state index in [4.69, 9.17) is 9.47 Å². The second-order valence-corrected chi connectivity index (χ2v) is 6.03. The molecule has 0 saturated carbocycles. The van der Waals surface area contributed by atoms with Crippen LogP contribution in [-0.4, -0.2) is 49.1 Å². The van der Waals surface area contributed by atoms with Crippen LogP contribution >= 0.6 is 0 Å². The summed E-state index contributed by atoms with van der Waals surface area (Å²) < 4.78 is 10.0. The highest BCUT2D eigenvalue weighted by Crippen LogP contribution is 2.40. The largest absolute Gasteiger partial charge is 0.465 e. The van der Waals surface area contributed by atoms with Crippen molar-refractivity contribution in [3.8, 4) is 0 Å². The van der Waals surface area contributed by atoms with Crippen molar-refractivity contribution in [2.75, 3.05) is 18.1 Å². The van der Waals surface area contributed by atoms with Crippen LogP contribution in [0.25, 0.3) is 0 Å². The number of carbonyl (C=O) groups is 4. The number of rotatable bonds is 5. The summed E-state index contributed by atoms with van der Waals surface area (Å²) in [5.74, 6) is -4.38. The summed E-state index contributed by atoms with van der Waals surface area (Å²) in [6, 6.07) is 6.28. The lowest BCUT2D eigenvalue weighted by Crippen LogP contribution is -2.48. The molecular weight excluding hydrogens is 340 g/mol. The van der Waals surface area contributed by atoms with Crippen LogP contribution in [-0.2, 0) is 28.7 Å². The molecule has 0 radical (unpaired) electrons. The van der Waals surface area contributed by atoms with Gasteiger partial charge in [0.15, 0.2) is 0 Å². The van der Waals surface area contributed by atoms with Gasteiger partial charge in [-0.25, -0.2) is 4.90 Å². The fourth-order valence-electron chi connectivity index (χ4n) is 3.54. The van der Waals surface area contributed by atoms with Crippen LogP contribution in [0.5, 0.6) is 0 Å². The highest BCUT2D eigenvalue weighted by atomic mass is 16.5. The number of esters is 2. The number of benzene rings is 1. The number of nitrogens with one attached hydrogen (secondary N) is 1. The van der Waals surface area contributed by atoms with Gasteiger partial charge in [0.1, 0.15) is 12.1 Å². The molecule has 138 valence electrons. The highest BCUT2D eigenvalue weighted by Gasteiger charge is 2.63. The lowest BCUT2D eigenvalue weighted by atomic mass is 9.89. The van der Waals surface area contributed by atoms with E-state index >= 15 is 0 Å². The Kier molecular flexibility index (Phi) is 5.03. The van der Waals surface area contributed by atoms with E-state index in [-0.39, 0.29) is 13.2 Å². The van der Waals surface area contributed by atoms with E-state index in [2.05, 4.69) is 5.32 Å². The molecule has 2 fully saturated rings. The first-order valence-corrected chi connectivity index (χ1v) is 8.53. The number of fused-ring (bicyclic) bond motifs is 1. The number of nitrogens with zero attached hydrogens (tertiary/aromatic N) is 1. The van der Waals surface area contributed by atoms with Crippen LogP contribution in [0.3, 0.4) is 0 Å². The molecule has 3 rings (SSSR count). The summed E-state index contributed by atoms with van der Waals surface area (Å²) in [6.07, 6.45) is 0. The van der Waals surface area contributed by atoms with Gasteiger partial charge < -0.3 is 9.47 Å². The molecule has 1 N–H and O–H groups in total. The summed E-state index contributed by atoms with van der Waals surface area (Å²) in [4.78, 5) is 51.5. The zero-order valence-corrected chi connectivity index (χ0v) is 14.5. The van der Waals surface area contributed by atoms with Crippen molar-refractivity contribution in [3.63, 3.8) is 0 Å². The number of para-hydroxylation sites is 1. The normalized spacial score (nSPS) is 27.4. The van der Waals surface area contributed by atoms with E-state index in [0.29, 0.717) is 5.69 Å². The third-order valence-electron chi connectivity index (χ3n) is 4.57. The van der Waals surface area contributed by atoms with E-state index in [1.54, 1.807) is 44.2 Å². The maximum Gasteiger partial charge on any atom is 0.324 e. The van der Waals surface area contributed by atoms with Crippen LogP contribution in [0, 0.1) is 11.8 Å². The predicted molar refractivity (Wildman–Crippen MR) is 89.9 cm³/mol. The van der Waals surface area contributed by atoms with Gasteiger partial charge in [0, 0.05) is 0 Å². The van der Waals surface area contributed by atoms with Gasteiger partial charge in [-0.3, -0.25) is 24.5 Å². The Labute approximate surface area is 150 Å². The van der Waals surface area contributed by atoms with E-state index in [0.717, 1.165) is 4.90 Å². The number of carbonyl (C=O) groups excluding carboxylic acids is 4. The first-order chi connectivity index (χ1) is 12.5. The molecule has 8 nitrogen and oxygen atoms in total. The average molecular weight is 360 g/mol. The molecule has 1 aromatic carbocycles. The minimum atomic E-state index is -1.07. The van der Waals surface area contributed by atoms with Crippen LogP contribution in [0.2, 0.25) is 0 Å². The minimum absolute atomic E-state index is 0.128. The number of ether oxygens (including phenoxy) is 2. The molecular formula is C18H20N2O6. The van der Waals surface area contributed by atoms with Crippen molar-refractivity contribution in [2.24, 2.45) is 11.8 Å². The fourth-order valence-corrected chi connectivity index (χ4v) is 3.54. The standard InChI is InChI=1S/C18H20N2O6/c1-3-25-17(23)13-11-12(14(19-13)18(24)26-4-2)16(22)20(15(11)21)10-8-6-5-7-9-10/h5-9,11-14,19H,3-4H2,1-2H3/t11-,12+,13-,14-/m0/s1. The van der Waals surface area contributed by atoms with Crippen LogP contribution in [0.15, 0.2) is 30.3 Å². The van der Waals surface area contributed by atoms with Gasteiger partial charge in [-0.2, -0.15) is 0 Å². The summed E-state index contributed by atoms with van der Waals surface area (Å²) in [7, 11) is 0. The maximum atomic E-state index is 12.9. The van der Waals surface area contributed by atoms with Crippen molar-refractivity contribution in [3.05, 3.63) is 30.3 Å². The van der Waals surface area contributed by atoms with Crippen LogP contribution in [0.1, 0.15) is 13.8 Å². The lowest BCUT2D eigenvalue weighted by Gasteiger charge is -2.21. The van der Waals surface area contributed by atoms with Crippen LogP contribution in [0.4, 0.5) is 5.69 Å². The molecule has 2 amide bonds. The van der Waals surface area contributed by atoms with Gasteiger partial charge in [0.05, 0.1) is 30.7 Å². The quantitative estimate of drug-likeness (QED) is 0.593. The number of amides is 2. The number of hydrogen-bond acceptors (Lipinski definition) is 7. The average Bonchev–Trinajstić information content (AvgIpc) is 3.14. The number of hydrogen-bond donors (Lipinski definition) is 1. The molecule has 0 aliphatic carbocycles. The molecule has 2 saturated heterocycles. The number of imide groups is 1. The third-order valence-corrected chi connectivity index (χ3v) is 4.57. The molecule has 8 heteroatoms. The minimum Gasteiger partial charge on any atom is -0.465 e. The Morgan fingerprint density at radius 2 is 1.38 bits per heavy atom. The van der Waals surface area contributed by atoms with Crippen molar-refractivity contribution in [2.45, 2.75) is 25.9 Å². The van der Waals surface area contributed by atoms with Gasteiger partial charge in [-0.15, -0.1) is 0 Å². The maximum absolute atomic E-state index is 12.9. The van der Waals surface area contributed by atoms with E-state index in [1.165, 1.54) is 0 Å². The predicted octanol–water partition coefficient (Wildman–Crippen LogP) is 0.259. The molecule has 2 aliphatic heterocycles. The van der Waals surface area contributed by atoms with Gasteiger partial charge in [0.25, 0.3) is 0 Å². The summed E-state index contributed by atoms with van der Waals surface area (Å²) >= 11 is 0. The van der Waals surface area contributed by atoms with Crippen molar-refractivity contribution < 1.29 is 28.7 Å². The van der Waals surface area contributed by atoms with Crippen molar-refractivity contribution in [1.29, 1.82) is 0 Å². The molecule has 2 heterocycles. The second kappa shape index (κ2) is 7.25. The van der Waals surface area contributed by atoms with E-state index < -0.39 is 47.7 Å². The second-order valence-electron chi connectivity index (χ2n) is 6.03. The molecule has 2 aliphatic rings. The highest BCUT2D eigenvalue weighted by molar-refractivity contribution is 6.24. The Bertz CT molecular complexity index is 692. The van der Waals surface area contributed by atoms with Crippen LogP contribution < -0.4 is 10.2 Å². The van der Waals surface area contributed by atoms with Gasteiger partial charge in [0.2, 0.25) is 11.8 Å². The van der Waals surface area contributed by atoms with Crippen molar-refractivity contribution in [1.82, 2.24) is 5.32 Å². The molecule has 0 bridgehead atoms. The molecule has 0 aromatic heterocycles. The summed E-state index contributed by atoms with van der Waals surface area (Å²) in [5.41, 5.74) is 0.405. The first-order valence-electron chi connectivity index (χ1n) is 8.53. The molecule has 1 aromatic rings. The Morgan fingerprint density at radius 1 is 0.923 bits per heavy atom. The molecule has 4 atom stereocenters.